The number of nitrogens with zero attached hydrogens (tertiary/aromatic N) is 3. The molecule has 178 valence electrons. The minimum atomic E-state index is -0.690. The number of carbonyl (C=O) groups excluding carboxylic acids is 4. The van der Waals surface area contributed by atoms with Crippen LogP contribution in [0.4, 0.5) is 14.9 Å². The van der Waals surface area contributed by atoms with Crippen molar-refractivity contribution in [1.29, 1.82) is 0 Å². The molecule has 9 heteroatoms. The maximum absolute atomic E-state index is 13.2. The van der Waals surface area contributed by atoms with E-state index in [-0.39, 0.29) is 49.0 Å². The Morgan fingerprint density at radius 2 is 1.74 bits per heavy atom. The zero-order chi connectivity index (χ0) is 24.4. The number of piperazine rings is 1. The molecule has 2 aliphatic rings. The van der Waals surface area contributed by atoms with Crippen molar-refractivity contribution in [3.63, 3.8) is 0 Å². The number of ketones is 1. The van der Waals surface area contributed by atoms with E-state index in [1.54, 1.807) is 53.1 Å². The summed E-state index contributed by atoms with van der Waals surface area (Å²) in [6.45, 7) is 3.99. The number of rotatable bonds is 5. The lowest BCUT2D eigenvalue weighted by atomic mass is 10.0. The number of halogens is 1. The smallest absolute Gasteiger partial charge is 0.323 e. The summed E-state index contributed by atoms with van der Waals surface area (Å²) in [5.74, 6) is -0.710. The first kappa shape index (κ1) is 23.4. The van der Waals surface area contributed by atoms with Gasteiger partial charge in [-0.05, 0) is 62.2 Å². The maximum atomic E-state index is 13.2. The fraction of sp³-hybridized carbons (Fsp3) is 0.360. The number of nitrogens with one attached hydrogen (secondary N) is 1. The van der Waals surface area contributed by atoms with Gasteiger partial charge < -0.3 is 20.0 Å². The van der Waals surface area contributed by atoms with Gasteiger partial charge in [0.1, 0.15) is 18.0 Å². The first-order valence-electron chi connectivity index (χ1n) is 11.3. The number of hydrogen-bond donors (Lipinski definition) is 1. The van der Waals surface area contributed by atoms with Crippen LogP contribution in [0.5, 0.6) is 0 Å². The molecule has 2 saturated heterocycles. The van der Waals surface area contributed by atoms with E-state index >= 15 is 0 Å². The lowest BCUT2D eigenvalue weighted by Gasteiger charge is -2.51. The number of benzene rings is 2. The molecule has 0 bridgehead atoms. The molecule has 2 aromatic carbocycles. The van der Waals surface area contributed by atoms with Crippen molar-refractivity contribution in [1.82, 2.24) is 14.7 Å². The van der Waals surface area contributed by atoms with Gasteiger partial charge in [0.05, 0.1) is 6.54 Å². The quantitative estimate of drug-likeness (QED) is 0.687. The largest absolute Gasteiger partial charge is 0.337 e. The Balaban J connectivity index is 1.48. The first-order valence-corrected chi connectivity index (χ1v) is 11.3. The zero-order valence-electron chi connectivity index (χ0n) is 19.2. The van der Waals surface area contributed by atoms with E-state index in [1.807, 2.05) is 0 Å². The molecule has 2 aromatic rings. The summed E-state index contributed by atoms with van der Waals surface area (Å²) in [7, 11) is 0. The van der Waals surface area contributed by atoms with Crippen LogP contribution in [0.1, 0.15) is 36.2 Å². The summed E-state index contributed by atoms with van der Waals surface area (Å²) < 4.78 is 13.2. The Morgan fingerprint density at radius 1 is 1.06 bits per heavy atom. The number of Topliss-reactive ketones (excluding diaryl/α,β-unsaturated/α-hetero) is 1. The topological polar surface area (TPSA) is 90.0 Å². The molecule has 1 N–H and O–H groups in total. The average Bonchev–Trinajstić information content (AvgIpc) is 2.81. The molecule has 8 nitrogen and oxygen atoms in total. The van der Waals surface area contributed by atoms with E-state index < -0.39 is 12.2 Å². The molecule has 0 aliphatic carbocycles. The third-order valence-corrected chi connectivity index (χ3v) is 6.39. The molecule has 2 heterocycles. The second kappa shape index (κ2) is 9.62. The molecule has 2 atom stereocenters. The Morgan fingerprint density at radius 3 is 2.38 bits per heavy atom. The highest BCUT2D eigenvalue weighted by Crippen LogP contribution is 2.26. The van der Waals surface area contributed by atoms with Crippen LogP contribution in [-0.2, 0) is 16.0 Å². The average molecular weight is 467 g/mol. The van der Waals surface area contributed by atoms with Crippen molar-refractivity contribution >= 4 is 29.3 Å². The number of fused-ring (bicyclic) bond motifs is 1. The number of amides is 4. The van der Waals surface area contributed by atoms with Gasteiger partial charge in [0.25, 0.3) is 0 Å². The second-order valence-corrected chi connectivity index (χ2v) is 8.63. The van der Waals surface area contributed by atoms with Crippen LogP contribution in [0.15, 0.2) is 48.5 Å². The molecule has 0 radical (unpaired) electrons. The van der Waals surface area contributed by atoms with E-state index in [0.717, 1.165) is 5.56 Å². The van der Waals surface area contributed by atoms with Crippen molar-refractivity contribution in [2.45, 2.75) is 38.9 Å². The lowest BCUT2D eigenvalue weighted by Crippen LogP contribution is -2.71. The number of carbonyl (C=O) groups is 4. The van der Waals surface area contributed by atoms with Crippen molar-refractivity contribution < 1.29 is 23.6 Å². The first-order chi connectivity index (χ1) is 16.2. The Hall–Kier alpha value is -3.75. The maximum Gasteiger partial charge on any atom is 0.323 e. The molecule has 34 heavy (non-hydrogen) atoms. The van der Waals surface area contributed by atoms with E-state index in [0.29, 0.717) is 24.2 Å². The SMILES string of the molecule is CC(=O)c1ccc(NC(=O)N2CCC(=O)N3[C@@H]2CN(CCc2ccc(F)cc2)C(=O)[C@@H]3C)cc1. The van der Waals surface area contributed by atoms with Crippen LogP contribution < -0.4 is 5.32 Å². The Kier molecular flexibility index (Phi) is 6.63. The fourth-order valence-electron chi connectivity index (χ4n) is 4.48. The minimum Gasteiger partial charge on any atom is -0.337 e. The summed E-state index contributed by atoms with van der Waals surface area (Å²) >= 11 is 0. The highest BCUT2D eigenvalue weighted by molar-refractivity contribution is 5.96. The third kappa shape index (κ3) is 4.78. The highest BCUT2D eigenvalue weighted by Gasteiger charge is 2.46. The number of anilines is 1. The van der Waals surface area contributed by atoms with Crippen LogP contribution in [0.25, 0.3) is 0 Å². The molecule has 0 saturated carbocycles. The van der Waals surface area contributed by atoms with E-state index in [1.165, 1.54) is 24.0 Å². The molecule has 0 unspecified atom stereocenters. The van der Waals surface area contributed by atoms with Crippen molar-refractivity contribution in [3.8, 4) is 0 Å². The van der Waals surface area contributed by atoms with Crippen LogP contribution in [0, 0.1) is 5.82 Å². The zero-order valence-corrected chi connectivity index (χ0v) is 19.2. The predicted octanol–water partition coefficient (Wildman–Crippen LogP) is 2.89. The fourth-order valence-corrected chi connectivity index (χ4v) is 4.48. The van der Waals surface area contributed by atoms with Crippen molar-refractivity contribution in [2.24, 2.45) is 0 Å². The van der Waals surface area contributed by atoms with Gasteiger partial charge >= 0.3 is 6.03 Å². The standard InChI is InChI=1S/C25H27FN4O4/c1-16-24(33)28(13-11-18-3-7-20(26)8-4-18)15-22-29(14-12-23(32)30(16)22)25(34)27-21-9-5-19(6-10-21)17(2)31/h3-10,16,22H,11-15H2,1-2H3,(H,27,34)/t16-,22+/m0/s1. The number of hydrogen-bond acceptors (Lipinski definition) is 4. The molecule has 4 amide bonds. The molecule has 0 spiro atoms. The number of urea groups is 1. The van der Waals surface area contributed by atoms with Crippen molar-refractivity contribution in [2.75, 3.05) is 25.0 Å². The van der Waals surface area contributed by atoms with E-state index in [4.69, 9.17) is 0 Å². The van der Waals surface area contributed by atoms with Crippen LogP contribution in [0.3, 0.4) is 0 Å². The summed E-state index contributed by atoms with van der Waals surface area (Å²) in [5.41, 5.74) is 1.98. The summed E-state index contributed by atoms with van der Waals surface area (Å²) in [5, 5.41) is 2.83. The van der Waals surface area contributed by atoms with Crippen molar-refractivity contribution in [3.05, 3.63) is 65.5 Å². The molecular weight excluding hydrogens is 439 g/mol. The van der Waals surface area contributed by atoms with Gasteiger partial charge in [-0.2, -0.15) is 0 Å². The van der Waals surface area contributed by atoms with Crippen LogP contribution in [0.2, 0.25) is 0 Å². The molecule has 0 aromatic heterocycles. The second-order valence-electron chi connectivity index (χ2n) is 8.63. The minimum absolute atomic E-state index is 0.0651. The molecule has 2 aliphatic heterocycles. The van der Waals surface area contributed by atoms with Gasteiger partial charge in [0, 0.05) is 30.8 Å². The molecule has 2 fully saturated rings. The predicted molar refractivity (Wildman–Crippen MR) is 124 cm³/mol. The molecule has 4 rings (SSSR count). The Labute approximate surface area is 197 Å². The lowest BCUT2D eigenvalue weighted by molar-refractivity contribution is -0.165. The van der Waals surface area contributed by atoms with Crippen LogP contribution >= 0.6 is 0 Å². The third-order valence-electron chi connectivity index (χ3n) is 6.39. The highest BCUT2D eigenvalue weighted by atomic mass is 19.1. The van der Waals surface area contributed by atoms with E-state index in [9.17, 15) is 23.6 Å². The van der Waals surface area contributed by atoms with Gasteiger partial charge in [0.15, 0.2) is 5.78 Å². The monoisotopic (exact) mass is 466 g/mol. The van der Waals surface area contributed by atoms with E-state index in [2.05, 4.69) is 5.32 Å². The van der Waals surface area contributed by atoms with Gasteiger partial charge in [0.2, 0.25) is 11.8 Å². The van der Waals surface area contributed by atoms with Gasteiger partial charge in [-0.15, -0.1) is 0 Å². The molecular formula is C25H27FN4O4. The van der Waals surface area contributed by atoms with Gasteiger partial charge in [-0.1, -0.05) is 12.1 Å². The summed E-state index contributed by atoms with van der Waals surface area (Å²) in [6.07, 6.45) is 0.0905. The Bertz CT molecular complexity index is 1100. The van der Waals surface area contributed by atoms with Crippen LogP contribution in [-0.4, -0.2) is 70.2 Å². The summed E-state index contributed by atoms with van der Waals surface area (Å²) in [4.78, 5) is 55.0. The normalized spacial score (nSPS) is 20.3. The van der Waals surface area contributed by atoms with Gasteiger partial charge in [-0.3, -0.25) is 14.4 Å². The van der Waals surface area contributed by atoms with Gasteiger partial charge in [-0.25, -0.2) is 9.18 Å². The summed E-state index contributed by atoms with van der Waals surface area (Å²) in [6, 6.07) is 11.7.